The first-order valence-electron chi connectivity index (χ1n) is 10.5. The van der Waals surface area contributed by atoms with Gasteiger partial charge < -0.3 is 15.0 Å². The Labute approximate surface area is 160 Å². The summed E-state index contributed by atoms with van der Waals surface area (Å²) in [5.74, 6) is 2.33. The molecule has 2 aliphatic carbocycles. The van der Waals surface area contributed by atoms with Gasteiger partial charge in [-0.05, 0) is 80.9 Å². The molecule has 5 aliphatic rings. The lowest BCUT2D eigenvalue weighted by atomic mass is 9.68. The third-order valence-electron chi connectivity index (χ3n) is 6.97. The smallest absolute Gasteiger partial charge is 0.254 e. The Morgan fingerprint density at radius 2 is 1.81 bits per heavy atom. The summed E-state index contributed by atoms with van der Waals surface area (Å²) in [6, 6.07) is 7.81. The highest BCUT2D eigenvalue weighted by Gasteiger charge is 2.44. The lowest BCUT2D eigenvalue weighted by molar-refractivity contribution is -0.124. The summed E-state index contributed by atoms with van der Waals surface area (Å²) >= 11 is 0. The summed E-state index contributed by atoms with van der Waals surface area (Å²) < 4.78 is 5.45. The van der Waals surface area contributed by atoms with Gasteiger partial charge in [-0.15, -0.1) is 0 Å². The summed E-state index contributed by atoms with van der Waals surface area (Å²) in [4.78, 5) is 27.7. The summed E-state index contributed by atoms with van der Waals surface area (Å²) in [7, 11) is 0. The van der Waals surface area contributed by atoms with E-state index in [0.717, 1.165) is 31.2 Å². The summed E-state index contributed by atoms with van der Waals surface area (Å²) in [6.07, 6.45) is 7.66. The van der Waals surface area contributed by atoms with E-state index in [9.17, 15) is 9.59 Å². The Balaban J connectivity index is 1.32. The molecule has 6 rings (SSSR count). The zero-order chi connectivity index (χ0) is 18.4. The monoisotopic (exact) mass is 368 g/mol. The lowest BCUT2D eigenvalue weighted by Crippen LogP contribution is -2.42. The fourth-order valence-electron chi connectivity index (χ4n) is 5.94. The molecule has 3 aliphatic heterocycles. The molecule has 27 heavy (non-hydrogen) atoms. The topological polar surface area (TPSA) is 58.6 Å². The standard InChI is InChI=1S/C22H28N2O3/c25-21(20-5-2-6-27-20)23-18-4-1-3-17(12-18)22(26)24-13-16-8-14-7-15(9-16)11-19(24)10-14/h1,3-4,12,14-16,19-20H,2,5-11,13H2,(H,23,25). The van der Waals surface area contributed by atoms with Crippen molar-refractivity contribution >= 4 is 17.5 Å². The van der Waals surface area contributed by atoms with Crippen LogP contribution < -0.4 is 5.32 Å². The number of amides is 2. The molecule has 5 heteroatoms. The molecule has 3 saturated heterocycles. The Hall–Kier alpha value is -1.88. The summed E-state index contributed by atoms with van der Waals surface area (Å²) in [5.41, 5.74) is 1.36. The van der Waals surface area contributed by atoms with Crippen LogP contribution >= 0.6 is 0 Å². The van der Waals surface area contributed by atoms with Gasteiger partial charge in [-0.25, -0.2) is 0 Å². The quantitative estimate of drug-likeness (QED) is 0.889. The van der Waals surface area contributed by atoms with Gasteiger partial charge in [-0.2, -0.15) is 0 Å². The van der Waals surface area contributed by atoms with Gasteiger partial charge in [0.15, 0.2) is 0 Å². The number of fused-ring (bicyclic) bond motifs is 1. The van der Waals surface area contributed by atoms with E-state index in [2.05, 4.69) is 10.2 Å². The van der Waals surface area contributed by atoms with Crippen LogP contribution in [0, 0.1) is 17.8 Å². The van der Waals surface area contributed by atoms with Gasteiger partial charge in [0.2, 0.25) is 0 Å². The second kappa shape index (κ2) is 6.93. The van der Waals surface area contributed by atoms with Crippen LogP contribution in [0.1, 0.15) is 55.3 Å². The number of hydrogen-bond acceptors (Lipinski definition) is 3. The third kappa shape index (κ3) is 3.38. The van der Waals surface area contributed by atoms with Gasteiger partial charge in [-0.3, -0.25) is 9.59 Å². The van der Waals surface area contributed by atoms with Crippen LogP contribution in [0.5, 0.6) is 0 Å². The van der Waals surface area contributed by atoms with Crippen molar-refractivity contribution < 1.29 is 14.3 Å². The van der Waals surface area contributed by atoms with Crippen molar-refractivity contribution in [1.82, 2.24) is 4.90 Å². The van der Waals surface area contributed by atoms with E-state index in [1.807, 2.05) is 24.3 Å². The number of carbonyl (C=O) groups excluding carboxylic acids is 2. The maximum absolute atomic E-state index is 13.3. The largest absolute Gasteiger partial charge is 0.368 e. The molecule has 0 spiro atoms. The molecule has 0 radical (unpaired) electrons. The number of rotatable bonds is 3. The molecule has 5 fully saturated rings. The van der Waals surface area contributed by atoms with Crippen molar-refractivity contribution in [2.75, 3.05) is 18.5 Å². The van der Waals surface area contributed by atoms with Crippen LogP contribution in [0.4, 0.5) is 5.69 Å². The molecule has 1 N–H and O–H groups in total. The molecule has 5 nitrogen and oxygen atoms in total. The van der Waals surface area contributed by atoms with Crippen LogP contribution in [0.15, 0.2) is 24.3 Å². The molecule has 4 bridgehead atoms. The van der Waals surface area contributed by atoms with Crippen molar-refractivity contribution in [3.63, 3.8) is 0 Å². The van der Waals surface area contributed by atoms with E-state index >= 15 is 0 Å². The predicted octanol–water partition coefficient (Wildman–Crippen LogP) is 3.45. The number of nitrogens with one attached hydrogen (secondary N) is 1. The van der Waals surface area contributed by atoms with Crippen LogP contribution in [-0.2, 0) is 9.53 Å². The maximum Gasteiger partial charge on any atom is 0.254 e. The van der Waals surface area contributed by atoms with Gasteiger partial charge in [0.1, 0.15) is 6.10 Å². The van der Waals surface area contributed by atoms with Crippen LogP contribution in [0.2, 0.25) is 0 Å². The van der Waals surface area contributed by atoms with Crippen molar-refractivity contribution in [2.45, 2.75) is 57.1 Å². The van der Waals surface area contributed by atoms with Gasteiger partial charge in [0, 0.05) is 30.4 Å². The third-order valence-corrected chi connectivity index (χ3v) is 6.97. The Kier molecular flexibility index (Phi) is 4.43. The number of hydrogen-bond donors (Lipinski definition) is 1. The average molecular weight is 368 g/mol. The highest BCUT2D eigenvalue weighted by atomic mass is 16.5. The SMILES string of the molecule is O=C(Nc1cccc(C(=O)N2CC3CC4CC(C3)CC2C4)c1)C1CCCO1. The van der Waals surface area contributed by atoms with Crippen molar-refractivity contribution in [3.8, 4) is 0 Å². The first-order valence-corrected chi connectivity index (χ1v) is 10.5. The normalized spacial score (nSPS) is 34.5. The first-order chi connectivity index (χ1) is 13.2. The molecule has 2 amide bonds. The average Bonchev–Trinajstić information content (AvgIpc) is 3.13. The van der Waals surface area contributed by atoms with Crippen molar-refractivity contribution in [2.24, 2.45) is 17.8 Å². The number of nitrogens with zero attached hydrogens (tertiary/aromatic N) is 1. The molecular weight excluding hydrogens is 340 g/mol. The van der Waals surface area contributed by atoms with Crippen LogP contribution in [0.3, 0.4) is 0 Å². The summed E-state index contributed by atoms with van der Waals surface area (Å²) in [6.45, 7) is 1.55. The number of anilines is 1. The Bertz CT molecular complexity index is 729. The van der Waals surface area contributed by atoms with Crippen molar-refractivity contribution in [1.29, 1.82) is 0 Å². The zero-order valence-corrected chi connectivity index (χ0v) is 15.7. The first kappa shape index (κ1) is 17.2. The van der Waals surface area contributed by atoms with Crippen LogP contribution in [0.25, 0.3) is 0 Å². The maximum atomic E-state index is 13.3. The van der Waals surface area contributed by atoms with Gasteiger partial charge >= 0.3 is 0 Å². The second-order valence-corrected chi connectivity index (χ2v) is 8.96. The molecular formula is C22H28N2O3. The zero-order valence-electron chi connectivity index (χ0n) is 15.7. The highest BCUT2D eigenvalue weighted by Crippen LogP contribution is 2.47. The fraction of sp³-hybridized carbons (Fsp3) is 0.636. The molecule has 144 valence electrons. The number of carbonyl (C=O) groups is 2. The number of ether oxygens (including phenoxy) is 1. The van der Waals surface area contributed by atoms with E-state index in [0.29, 0.717) is 29.8 Å². The molecule has 3 heterocycles. The van der Waals surface area contributed by atoms with E-state index in [-0.39, 0.29) is 17.9 Å². The molecule has 2 saturated carbocycles. The molecule has 1 aromatic rings. The minimum atomic E-state index is -0.360. The van der Waals surface area contributed by atoms with E-state index in [4.69, 9.17) is 4.74 Å². The lowest BCUT2D eigenvalue weighted by Gasteiger charge is -2.39. The van der Waals surface area contributed by atoms with Crippen molar-refractivity contribution in [3.05, 3.63) is 29.8 Å². The van der Waals surface area contributed by atoms with Gasteiger partial charge in [0.05, 0.1) is 0 Å². The molecule has 0 aromatic heterocycles. The fourth-order valence-corrected chi connectivity index (χ4v) is 5.94. The molecule has 1 aromatic carbocycles. The van der Waals surface area contributed by atoms with E-state index in [1.54, 1.807) is 0 Å². The molecule has 3 atom stereocenters. The van der Waals surface area contributed by atoms with Gasteiger partial charge in [0.25, 0.3) is 11.8 Å². The minimum absolute atomic E-state index is 0.109. The second-order valence-electron chi connectivity index (χ2n) is 8.96. The van der Waals surface area contributed by atoms with Crippen LogP contribution in [-0.4, -0.2) is 42.0 Å². The van der Waals surface area contributed by atoms with E-state index in [1.165, 1.54) is 32.1 Å². The Morgan fingerprint density at radius 1 is 1.04 bits per heavy atom. The predicted molar refractivity (Wildman–Crippen MR) is 102 cm³/mol. The highest BCUT2D eigenvalue weighted by molar-refractivity contribution is 5.98. The van der Waals surface area contributed by atoms with E-state index < -0.39 is 0 Å². The van der Waals surface area contributed by atoms with Gasteiger partial charge in [-0.1, -0.05) is 6.07 Å². The Morgan fingerprint density at radius 3 is 2.56 bits per heavy atom. The summed E-state index contributed by atoms with van der Waals surface area (Å²) in [5, 5.41) is 2.92. The number of benzene rings is 1. The minimum Gasteiger partial charge on any atom is -0.368 e. The molecule has 3 unspecified atom stereocenters.